The van der Waals surface area contributed by atoms with Gasteiger partial charge >= 0.3 is 0 Å². The van der Waals surface area contributed by atoms with E-state index in [2.05, 4.69) is 4.99 Å². The zero-order valence-corrected chi connectivity index (χ0v) is 14.2. The molecule has 2 rings (SSSR count). The van der Waals surface area contributed by atoms with Gasteiger partial charge in [-0.1, -0.05) is 17.7 Å². The molecule has 2 aromatic carbocycles. The number of hydrogen-bond donors (Lipinski definition) is 0. The first-order valence-electron chi connectivity index (χ1n) is 7.38. The van der Waals surface area contributed by atoms with Crippen LogP contribution in [0.4, 0.5) is 14.5 Å². The Bertz CT molecular complexity index is 729. The van der Waals surface area contributed by atoms with Crippen LogP contribution in [0.3, 0.4) is 0 Å². The lowest BCUT2D eigenvalue weighted by Crippen LogP contribution is -2.14. The van der Waals surface area contributed by atoms with Crippen LogP contribution in [-0.4, -0.2) is 24.8 Å². The summed E-state index contributed by atoms with van der Waals surface area (Å²) in [5, 5.41) is 0.569. The quantitative estimate of drug-likeness (QED) is 0.546. The second-order valence-electron chi connectivity index (χ2n) is 5.45. The molecule has 0 aromatic heterocycles. The molecule has 122 valence electrons. The molecule has 5 heteroatoms. The van der Waals surface area contributed by atoms with E-state index in [-0.39, 0.29) is 0 Å². The monoisotopic (exact) mass is 336 g/mol. The molecule has 0 saturated carbocycles. The van der Waals surface area contributed by atoms with Gasteiger partial charge in [0.25, 0.3) is 0 Å². The van der Waals surface area contributed by atoms with Crippen molar-refractivity contribution in [2.75, 3.05) is 13.6 Å². The summed E-state index contributed by atoms with van der Waals surface area (Å²) in [6.07, 6.45) is 2.22. The summed E-state index contributed by atoms with van der Waals surface area (Å²) >= 11 is 6.17. The highest BCUT2D eigenvalue weighted by Gasteiger charge is 2.09. The van der Waals surface area contributed by atoms with Gasteiger partial charge < -0.3 is 4.90 Å². The molecule has 2 aromatic rings. The van der Waals surface area contributed by atoms with Crippen LogP contribution >= 0.6 is 11.6 Å². The molecule has 2 nitrogen and oxygen atoms in total. The normalized spacial score (nSPS) is 11.2. The number of benzene rings is 2. The van der Waals surface area contributed by atoms with Crippen molar-refractivity contribution in [2.45, 2.75) is 20.3 Å². The Balaban J connectivity index is 2.33. The third-order valence-electron chi connectivity index (χ3n) is 3.72. The number of rotatable bonds is 5. The van der Waals surface area contributed by atoms with Gasteiger partial charge in [0.2, 0.25) is 0 Å². The van der Waals surface area contributed by atoms with Crippen LogP contribution in [0.25, 0.3) is 0 Å². The zero-order valence-electron chi connectivity index (χ0n) is 13.4. The molecule has 0 aliphatic heterocycles. The highest BCUT2D eigenvalue weighted by molar-refractivity contribution is 6.31. The lowest BCUT2D eigenvalue weighted by Gasteiger charge is -2.12. The third-order valence-corrected chi connectivity index (χ3v) is 3.94. The summed E-state index contributed by atoms with van der Waals surface area (Å²) in [6.45, 7) is 4.83. The van der Waals surface area contributed by atoms with E-state index >= 15 is 0 Å². The Kier molecular flexibility index (Phi) is 5.72. The van der Waals surface area contributed by atoms with Crippen LogP contribution < -0.4 is 0 Å². The molecule has 0 heterocycles. The molecular formula is C18H19ClF2N2. The molecule has 0 amide bonds. The Hall–Kier alpha value is -1.94. The van der Waals surface area contributed by atoms with Crippen molar-refractivity contribution >= 4 is 23.6 Å². The van der Waals surface area contributed by atoms with Gasteiger partial charge in [0.15, 0.2) is 11.6 Å². The van der Waals surface area contributed by atoms with Crippen molar-refractivity contribution in [3.8, 4) is 0 Å². The second kappa shape index (κ2) is 7.55. The van der Waals surface area contributed by atoms with Crippen molar-refractivity contribution < 1.29 is 8.78 Å². The minimum absolute atomic E-state index is 0.468. The van der Waals surface area contributed by atoms with Gasteiger partial charge in [0.05, 0.1) is 12.0 Å². The molecule has 0 aliphatic rings. The first-order valence-corrected chi connectivity index (χ1v) is 7.76. The minimum atomic E-state index is -0.843. The Morgan fingerprint density at radius 2 is 1.91 bits per heavy atom. The molecule has 0 spiro atoms. The van der Waals surface area contributed by atoms with Gasteiger partial charge in [-0.3, -0.25) is 0 Å². The van der Waals surface area contributed by atoms with Gasteiger partial charge in [-0.05, 0) is 61.2 Å². The molecule has 0 N–H and O–H groups in total. The molecule has 23 heavy (non-hydrogen) atoms. The van der Waals surface area contributed by atoms with E-state index < -0.39 is 11.6 Å². The fraction of sp³-hybridized carbons (Fsp3) is 0.278. The molecular weight excluding hydrogens is 318 g/mol. The fourth-order valence-corrected chi connectivity index (χ4v) is 2.38. The Morgan fingerprint density at radius 1 is 1.17 bits per heavy atom. The maximum atomic E-state index is 13.4. The van der Waals surface area contributed by atoms with Crippen LogP contribution in [0.15, 0.2) is 35.3 Å². The van der Waals surface area contributed by atoms with E-state index in [0.29, 0.717) is 17.0 Å². The fourth-order valence-electron chi connectivity index (χ4n) is 2.15. The van der Waals surface area contributed by atoms with E-state index in [9.17, 15) is 8.78 Å². The summed E-state index contributed by atoms with van der Waals surface area (Å²) in [5.74, 6) is -1.69. The zero-order chi connectivity index (χ0) is 17.0. The molecule has 0 unspecified atom stereocenters. The van der Waals surface area contributed by atoms with Gasteiger partial charge in [0.1, 0.15) is 0 Å². The lowest BCUT2D eigenvalue weighted by molar-refractivity contribution is 0.507. The van der Waals surface area contributed by atoms with Gasteiger partial charge in [0, 0.05) is 18.6 Å². The maximum Gasteiger partial charge on any atom is 0.159 e. The van der Waals surface area contributed by atoms with Crippen molar-refractivity contribution in [3.63, 3.8) is 0 Å². The highest BCUT2D eigenvalue weighted by atomic mass is 35.5. The molecule has 0 atom stereocenters. The van der Waals surface area contributed by atoms with Crippen molar-refractivity contribution in [1.82, 2.24) is 4.90 Å². The predicted octanol–water partition coefficient (Wildman–Crippen LogP) is 5.13. The average molecular weight is 337 g/mol. The van der Waals surface area contributed by atoms with E-state index in [0.717, 1.165) is 29.4 Å². The van der Waals surface area contributed by atoms with Crippen LogP contribution in [-0.2, 0) is 6.42 Å². The molecule has 0 saturated heterocycles. The molecule has 0 aliphatic carbocycles. The van der Waals surface area contributed by atoms with Crippen molar-refractivity contribution in [1.29, 1.82) is 0 Å². The SMILES string of the molecule is CCN(C)C=Nc1cc(Cl)cc(Cc2ccc(F)c(F)c2)c1C. The third kappa shape index (κ3) is 4.52. The van der Waals surface area contributed by atoms with E-state index in [1.807, 2.05) is 31.9 Å². The largest absolute Gasteiger partial charge is 0.366 e. The van der Waals surface area contributed by atoms with Crippen LogP contribution in [0.5, 0.6) is 0 Å². The standard InChI is InChI=1S/C18H19ClF2N2/c1-4-23(3)11-22-18-10-15(19)9-14(12(18)2)7-13-5-6-16(20)17(21)8-13/h5-6,8-11H,4,7H2,1-3H3. The maximum absolute atomic E-state index is 13.4. The number of aliphatic imine (C=N–C) groups is 1. The first-order chi connectivity index (χ1) is 10.9. The molecule has 0 bridgehead atoms. The van der Waals surface area contributed by atoms with Gasteiger partial charge in [-0.15, -0.1) is 0 Å². The van der Waals surface area contributed by atoms with Crippen LogP contribution in [0.2, 0.25) is 5.02 Å². The number of halogens is 3. The van der Waals surface area contributed by atoms with Crippen LogP contribution in [0, 0.1) is 18.6 Å². The van der Waals surface area contributed by atoms with E-state index in [1.165, 1.54) is 6.07 Å². The second-order valence-corrected chi connectivity index (χ2v) is 5.89. The summed E-state index contributed by atoms with van der Waals surface area (Å²) < 4.78 is 26.4. The summed E-state index contributed by atoms with van der Waals surface area (Å²) in [4.78, 5) is 6.41. The lowest BCUT2D eigenvalue weighted by atomic mass is 9.99. The Morgan fingerprint density at radius 3 is 2.57 bits per heavy atom. The molecule has 0 fully saturated rings. The van der Waals surface area contributed by atoms with Gasteiger partial charge in [-0.2, -0.15) is 0 Å². The van der Waals surface area contributed by atoms with E-state index in [4.69, 9.17) is 11.6 Å². The van der Waals surface area contributed by atoms with E-state index in [1.54, 1.807) is 18.5 Å². The molecule has 0 radical (unpaired) electrons. The summed E-state index contributed by atoms with van der Waals surface area (Å²) in [5.41, 5.74) is 3.37. The summed E-state index contributed by atoms with van der Waals surface area (Å²) in [6, 6.07) is 7.56. The van der Waals surface area contributed by atoms with Crippen molar-refractivity contribution in [2.24, 2.45) is 4.99 Å². The minimum Gasteiger partial charge on any atom is -0.366 e. The summed E-state index contributed by atoms with van der Waals surface area (Å²) in [7, 11) is 1.94. The number of hydrogen-bond acceptors (Lipinski definition) is 1. The van der Waals surface area contributed by atoms with Crippen molar-refractivity contribution in [3.05, 3.63) is 63.7 Å². The predicted molar refractivity (Wildman–Crippen MR) is 91.8 cm³/mol. The first kappa shape index (κ1) is 17.4. The highest BCUT2D eigenvalue weighted by Crippen LogP contribution is 2.29. The van der Waals surface area contributed by atoms with Crippen LogP contribution in [0.1, 0.15) is 23.6 Å². The van der Waals surface area contributed by atoms with Gasteiger partial charge in [-0.25, -0.2) is 13.8 Å². The average Bonchev–Trinajstić information content (AvgIpc) is 2.52. The Labute approximate surface area is 140 Å². The number of nitrogens with zero attached hydrogens (tertiary/aromatic N) is 2. The topological polar surface area (TPSA) is 15.6 Å². The smallest absolute Gasteiger partial charge is 0.159 e.